The fourth-order valence-electron chi connectivity index (χ4n) is 3.85. The minimum atomic E-state index is -0.510. The Balaban J connectivity index is 1.57. The van der Waals surface area contributed by atoms with Gasteiger partial charge in [-0.3, -0.25) is 4.90 Å². The van der Waals surface area contributed by atoms with E-state index in [0.717, 1.165) is 30.9 Å². The fourth-order valence-corrected chi connectivity index (χ4v) is 3.85. The summed E-state index contributed by atoms with van der Waals surface area (Å²) in [5.74, 6) is 2.15. The van der Waals surface area contributed by atoms with Gasteiger partial charge in [-0.15, -0.1) is 0 Å². The van der Waals surface area contributed by atoms with Crippen molar-refractivity contribution in [3.63, 3.8) is 0 Å². The number of β-amino-alcohol motifs (C(OH)–C–C–N with tert-alkyl or cyclic N) is 1. The average molecular weight is 370 g/mol. The molecule has 2 atom stereocenters. The maximum Gasteiger partial charge on any atom is 0.122 e. The summed E-state index contributed by atoms with van der Waals surface area (Å²) >= 11 is 0. The molecule has 0 spiro atoms. The molecule has 1 aliphatic heterocycles. The zero-order chi connectivity index (χ0) is 19.2. The van der Waals surface area contributed by atoms with Crippen molar-refractivity contribution in [1.29, 1.82) is 0 Å². The molecule has 27 heavy (non-hydrogen) atoms. The van der Waals surface area contributed by atoms with Crippen LogP contribution in [0.2, 0.25) is 0 Å². The van der Waals surface area contributed by atoms with Crippen LogP contribution in [0.1, 0.15) is 49.8 Å². The normalized spacial score (nSPS) is 18.6. The highest BCUT2D eigenvalue weighted by Crippen LogP contribution is 2.33. The molecular weight excluding hydrogens is 338 g/mol. The molecule has 4 nitrogen and oxygen atoms in total. The van der Waals surface area contributed by atoms with E-state index < -0.39 is 6.10 Å². The van der Waals surface area contributed by atoms with Crippen LogP contribution in [-0.2, 0) is 0 Å². The van der Waals surface area contributed by atoms with Crippen LogP contribution < -0.4 is 9.47 Å². The summed E-state index contributed by atoms with van der Waals surface area (Å²) in [6, 6.07) is 16.7. The molecule has 0 unspecified atom stereocenters. The Kier molecular flexibility index (Phi) is 6.75. The first-order chi connectivity index (χ1) is 13.1. The monoisotopic (exact) mass is 369 g/mol. The lowest BCUT2D eigenvalue weighted by Gasteiger charge is -2.27. The molecule has 1 fully saturated rings. The van der Waals surface area contributed by atoms with Crippen molar-refractivity contribution in [2.24, 2.45) is 0 Å². The molecule has 146 valence electrons. The number of aliphatic hydroxyl groups excluding tert-OH is 1. The van der Waals surface area contributed by atoms with Crippen LogP contribution in [-0.4, -0.2) is 42.9 Å². The van der Waals surface area contributed by atoms with Crippen molar-refractivity contribution in [3.05, 3.63) is 59.7 Å². The van der Waals surface area contributed by atoms with E-state index in [4.69, 9.17) is 9.47 Å². The molecule has 1 N–H and O–H groups in total. The Morgan fingerprint density at radius 2 is 1.85 bits per heavy atom. The number of rotatable bonds is 8. The third-order valence-electron chi connectivity index (χ3n) is 5.28. The number of aliphatic hydroxyl groups is 1. The SMILES string of the molecule is COc1ccc([C@H]2CCCN2C[C@H](O)COc2ccccc2C(C)C)cc1. The first-order valence-electron chi connectivity index (χ1n) is 9.86. The average Bonchev–Trinajstić information content (AvgIpc) is 3.14. The Hall–Kier alpha value is -2.04. The highest BCUT2D eigenvalue weighted by Gasteiger charge is 2.27. The van der Waals surface area contributed by atoms with Gasteiger partial charge in [-0.1, -0.05) is 44.2 Å². The molecule has 2 aromatic rings. The van der Waals surface area contributed by atoms with Gasteiger partial charge in [-0.25, -0.2) is 0 Å². The predicted molar refractivity (Wildman–Crippen MR) is 109 cm³/mol. The van der Waals surface area contributed by atoms with Crippen LogP contribution in [0.25, 0.3) is 0 Å². The molecule has 3 rings (SSSR count). The Bertz CT molecular complexity index is 714. The molecule has 1 aliphatic rings. The summed E-state index contributed by atoms with van der Waals surface area (Å²) in [5.41, 5.74) is 2.47. The predicted octanol–water partition coefficient (Wildman–Crippen LogP) is 4.40. The number of benzene rings is 2. The Morgan fingerprint density at radius 1 is 1.11 bits per heavy atom. The third kappa shape index (κ3) is 5.02. The van der Waals surface area contributed by atoms with E-state index in [9.17, 15) is 5.11 Å². The van der Waals surface area contributed by atoms with Crippen LogP contribution in [0, 0.1) is 0 Å². The minimum Gasteiger partial charge on any atom is -0.497 e. The van der Waals surface area contributed by atoms with Gasteiger partial charge in [0.05, 0.1) is 7.11 Å². The lowest BCUT2D eigenvalue weighted by atomic mass is 10.0. The maximum atomic E-state index is 10.6. The van der Waals surface area contributed by atoms with Crippen LogP contribution in [0.15, 0.2) is 48.5 Å². The van der Waals surface area contributed by atoms with Crippen molar-refractivity contribution >= 4 is 0 Å². The number of likely N-dealkylation sites (tertiary alicyclic amines) is 1. The number of nitrogens with zero attached hydrogens (tertiary/aromatic N) is 1. The zero-order valence-corrected chi connectivity index (χ0v) is 16.6. The number of ether oxygens (including phenoxy) is 2. The quantitative estimate of drug-likeness (QED) is 0.749. The third-order valence-corrected chi connectivity index (χ3v) is 5.28. The standard InChI is InChI=1S/C23H31NO3/c1-17(2)21-7-4-5-9-23(21)27-16-19(25)15-24-14-6-8-22(24)18-10-12-20(26-3)13-11-18/h4-5,7,9-13,17,19,22,25H,6,8,14-16H2,1-3H3/t19-,22+/m0/s1. The van der Waals surface area contributed by atoms with E-state index in [0.29, 0.717) is 25.1 Å². The Morgan fingerprint density at radius 3 is 2.56 bits per heavy atom. The first-order valence-corrected chi connectivity index (χ1v) is 9.86. The van der Waals surface area contributed by atoms with Crippen molar-refractivity contribution in [2.45, 2.75) is 44.8 Å². The van der Waals surface area contributed by atoms with Gasteiger partial charge in [0.25, 0.3) is 0 Å². The lowest BCUT2D eigenvalue weighted by molar-refractivity contribution is 0.0634. The van der Waals surface area contributed by atoms with E-state index in [-0.39, 0.29) is 0 Å². The smallest absolute Gasteiger partial charge is 0.122 e. The Labute approximate surface area is 162 Å². The molecule has 1 heterocycles. The lowest BCUT2D eigenvalue weighted by Crippen LogP contribution is -2.35. The van der Waals surface area contributed by atoms with Crippen molar-refractivity contribution in [2.75, 3.05) is 26.8 Å². The molecule has 0 radical (unpaired) electrons. The molecular formula is C23H31NO3. The van der Waals surface area contributed by atoms with Crippen LogP contribution in [0.4, 0.5) is 0 Å². The van der Waals surface area contributed by atoms with Gasteiger partial charge in [-0.2, -0.15) is 0 Å². The molecule has 0 aromatic heterocycles. The van der Waals surface area contributed by atoms with Gasteiger partial charge in [0, 0.05) is 12.6 Å². The maximum absolute atomic E-state index is 10.6. The second kappa shape index (κ2) is 9.25. The molecule has 0 bridgehead atoms. The molecule has 0 amide bonds. The summed E-state index contributed by atoms with van der Waals surface area (Å²) in [6.45, 7) is 6.26. The van der Waals surface area contributed by atoms with Crippen LogP contribution >= 0.6 is 0 Å². The van der Waals surface area contributed by atoms with E-state index in [1.165, 1.54) is 11.1 Å². The van der Waals surface area contributed by atoms with E-state index in [1.807, 2.05) is 30.3 Å². The zero-order valence-electron chi connectivity index (χ0n) is 16.6. The molecule has 0 aliphatic carbocycles. The number of methoxy groups -OCH3 is 1. The minimum absolute atomic E-state index is 0.315. The second-order valence-corrected chi connectivity index (χ2v) is 7.58. The van der Waals surface area contributed by atoms with Gasteiger partial charge in [0.15, 0.2) is 0 Å². The summed E-state index contributed by atoms with van der Waals surface area (Å²) in [5, 5.41) is 10.6. The summed E-state index contributed by atoms with van der Waals surface area (Å²) in [6.07, 6.45) is 1.76. The summed E-state index contributed by atoms with van der Waals surface area (Å²) in [7, 11) is 1.69. The molecule has 4 heteroatoms. The largest absolute Gasteiger partial charge is 0.497 e. The van der Waals surface area contributed by atoms with Gasteiger partial charge in [0.2, 0.25) is 0 Å². The van der Waals surface area contributed by atoms with E-state index in [2.05, 4.69) is 36.9 Å². The fraction of sp³-hybridized carbons (Fsp3) is 0.478. The van der Waals surface area contributed by atoms with Crippen molar-refractivity contribution in [3.8, 4) is 11.5 Å². The molecule has 1 saturated heterocycles. The second-order valence-electron chi connectivity index (χ2n) is 7.58. The number of para-hydroxylation sites is 1. The number of hydrogen-bond acceptors (Lipinski definition) is 4. The van der Waals surface area contributed by atoms with Gasteiger partial charge < -0.3 is 14.6 Å². The van der Waals surface area contributed by atoms with Gasteiger partial charge >= 0.3 is 0 Å². The van der Waals surface area contributed by atoms with Crippen molar-refractivity contribution < 1.29 is 14.6 Å². The van der Waals surface area contributed by atoms with Crippen LogP contribution in [0.5, 0.6) is 11.5 Å². The highest BCUT2D eigenvalue weighted by molar-refractivity contribution is 5.35. The van der Waals surface area contributed by atoms with E-state index >= 15 is 0 Å². The first kappa shape index (κ1) is 19.7. The molecule has 0 saturated carbocycles. The topological polar surface area (TPSA) is 41.9 Å². The summed E-state index contributed by atoms with van der Waals surface area (Å²) < 4.78 is 11.2. The number of hydrogen-bond donors (Lipinski definition) is 1. The molecule has 2 aromatic carbocycles. The summed E-state index contributed by atoms with van der Waals surface area (Å²) in [4.78, 5) is 2.37. The van der Waals surface area contributed by atoms with Crippen LogP contribution in [0.3, 0.4) is 0 Å². The van der Waals surface area contributed by atoms with Crippen molar-refractivity contribution in [1.82, 2.24) is 4.90 Å². The van der Waals surface area contributed by atoms with E-state index in [1.54, 1.807) is 7.11 Å². The van der Waals surface area contributed by atoms with Gasteiger partial charge in [-0.05, 0) is 54.6 Å². The van der Waals surface area contributed by atoms with Gasteiger partial charge in [0.1, 0.15) is 24.2 Å². The highest BCUT2D eigenvalue weighted by atomic mass is 16.5.